The highest BCUT2D eigenvalue weighted by Gasteiger charge is 2.20. The number of carbonyl (C=O) groups is 3. The second-order valence-corrected chi connectivity index (χ2v) is 8.59. The Morgan fingerprint density at radius 2 is 1.69 bits per heavy atom. The van der Waals surface area contributed by atoms with Crippen LogP contribution in [0, 0.1) is 6.92 Å². The lowest BCUT2D eigenvalue weighted by atomic mass is 10.2. The van der Waals surface area contributed by atoms with Crippen molar-refractivity contribution in [2.24, 2.45) is 0 Å². The molecule has 35 heavy (non-hydrogen) atoms. The Hall–Kier alpha value is -3.76. The molecular weight excluding hydrogens is 468 g/mol. The zero-order chi connectivity index (χ0) is 25.2. The summed E-state index contributed by atoms with van der Waals surface area (Å²) in [4.78, 5) is 43.6. The van der Waals surface area contributed by atoms with E-state index in [1.54, 1.807) is 36.8 Å². The number of anilines is 2. The van der Waals surface area contributed by atoms with E-state index in [9.17, 15) is 14.4 Å². The Balaban J connectivity index is 1.56. The minimum atomic E-state index is -0.395. The van der Waals surface area contributed by atoms with E-state index in [2.05, 4.69) is 15.6 Å². The topological polar surface area (TPSA) is 110 Å². The summed E-state index contributed by atoms with van der Waals surface area (Å²) in [5.74, 6) is -0.261. The predicted molar refractivity (Wildman–Crippen MR) is 135 cm³/mol. The van der Waals surface area contributed by atoms with Crippen molar-refractivity contribution in [2.75, 3.05) is 44.5 Å². The predicted octanol–water partition coefficient (Wildman–Crippen LogP) is 3.37. The number of aromatic nitrogens is 1. The van der Waals surface area contributed by atoms with Gasteiger partial charge in [-0.05, 0) is 43.3 Å². The minimum Gasteiger partial charge on any atom is -0.497 e. The number of nitrogens with zero attached hydrogens (tertiary/aromatic N) is 2. The first-order valence-corrected chi connectivity index (χ1v) is 11.8. The van der Waals surface area contributed by atoms with Crippen LogP contribution in [-0.4, -0.2) is 61.5 Å². The molecule has 1 aromatic heterocycles. The number of aryl methyl sites for hydroxylation is 1. The van der Waals surface area contributed by atoms with Crippen LogP contribution in [0.2, 0.25) is 0 Å². The maximum atomic E-state index is 12.9. The van der Waals surface area contributed by atoms with Gasteiger partial charge in [0.1, 0.15) is 12.3 Å². The molecule has 0 fully saturated rings. The summed E-state index contributed by atoms with van der Waals surface area (Å²) in [5, 5.41) is 7.60. The fourth-order valence-corrected chi connectivity index (χ4v) is 3.88. The molecule has 10 heteroatoms. The molecule has 3 aromatic rings. The Kier molecular flexibility index (Phi) is 9.33. The normalized spacial score (nSPS) is 10.5. The van der Waals surface area contributed by atoms with Crippen LogP contribution in [0.5, 0.6) is 5.75 Å². The van der Waals surface area contributed by atoms with Gasteiger partial charge in [0.15, 0.2) is 5.13 Å². The molecule has 9 nitrogen and oxygen atoms in total. The SMILES string of the molecule is COCCN(CC(=O)Nc1nc(CC(=O)Nc2ccc(C)cc2)cs1)C(=O)c1ccc(OC)cc1. The van der Waals surface area contributed by atoms with Gasteiger partial charge in [0, 0.05) is 30.3 Å². The van der Waals surface area contributed by atoms with Crippen molar-refractivity contribution in [1.29, 1.82) is 0 Å². The van der Waals surface area contributed by atoms with Gasteiger partial charge in [0.25, 0.3) is 5.91 Å². The third kappa shape index (κ3) is 7.90. The van der Waals surface area contributed by atoms with Crippen LogP contribution in [0.4, 0.5) is 10.8 Å². The summed E-state index contributed by atoms with van der Waals surface area (Å²) in [7, 11) is 3.08. The average molecular weight is 497 g/mol. The molecule has 3 amide bonds. The molecule has 0 unspecified atom stereocenters. The van der Waals surface area contributed by atoms with E-state index < -0.39 is 5.91 Å². The van der Waals surface area contributed by atoms with E-state index in [4.69, 9.17) is 9.47 Å². The summed E-state index contributed by atoms with van der Waals surface area (Å²) in [6.07, 6.45) is 0.0795. The molecule has 2 aromatic carbocycles. The number of benzene rings is 2. The van der Waals surface area contributed by atoms with Crippen molar-refractivity contribution in [1.82, 2.24) is 9.88 Å². The van der Waals surface area contributed by atoms with E-state index in [0.717, 1.165) is 5.56 Å². The molecule has 0 saturated heterocycles. The fourth-order valence-electron chi connectivity index (χ4n) is 3.15. The Morgan fingerprint density at radius 3 is 2.34 bits per heavy atom. The lowest BCUT2D eigenvalue weighted by molar-refractivity contribution is -0.117. The highest BCUT2D eigenvalue weighted by atomic mass is 32.1. The van der Waals surface area contributed by atoms with Crippen molar-refractivity contribution >= 4 is 39.9 Å². The number of amides is 3. The standard InChI is InChI=1S/C25H28N4O5S/c1-17-4-8-19(9-5-17)26-22(30)14-20-16-35-25(27-20)28-23(31)15-29(12-13-33-2)24(32)18-6-10-21(34-3)11-7-18/h4-11,16H,12-15H2,1-3H3,(H,26,30)(H,27,28,31). The zero-order valence-electron chi connectivity index (χ0n) is 19.9. The molecule has 0 radical (unpaired) electrons. The second-order valence-electron chi connectivity index (χ2n) is 7.73. The Labute approximate surface area is 208 Å². The summed E-state index contributed by atoms with van der Waals surface area (Å²) >= 11 is 1.22. The molecule has 3 rings (SSSR count). The third-order valence-electron chi connectivity index (χ3n) is 5.00. The number of thiazole rings is 1. The van der Waals surface area contributed by atoms with Crippen LogP contribution in [0.25, 0.3) is 0 Å². The van der Waals surface area contributed by atoms with Crippen molar-refractivity contribution in [2.45, 2.75) is 13.3 Å². The quantitative estimate of drug-likeness (QED) is 0.421. The number of nitrogens with one attached hydrogen (secondary N) is 2. The minimum absolute atomic E-state index is 0.0795. The van der Waals surface area contributed by atoms with Gasteiger partial charge in [0.05, 0.1) is 25.8 Å². The molecule has 0 aliphatic heterocycles. The summed E-state index contributed by atoms with van der Waals surface area (Å²) in [6, 6.07) is 14.2. The lowest BCUT2D eigenvalue weighted by Gasteiger charge is -2.21. The van der Waals surface area contributed by atoms with Crippen molar-refractivity contribution < 1.29 is 23.9 Å². The molecule has 1 heterocycles. The van der Waals surface area contributed by atoms with Gasteiger partial charge in [-0.2, -0.15) is 0 Å². The number of hydrogen-bond donors (Lipinski definition) is 2. The van der Waals surface area contributed by atoms with Crippen molar-refractivity contribution in [3.63, 3.8) is 0 Å². The first-order valence-electron chi connectivity index (χ1n) is 10.9. The van der Waals surface area contributed by atoms with Crippen LogP contribution < -0.4 is 15.4 Å². The highest BCUT2D eigenvalue weighted by Crippen LogP contribution is 2.17. The van der Waals surface area contributed by atoms with E-state index in [1.165, 1.54) is 23.3 Å². The van der Waals surface area contributed by atoms with E-state index in [-0.39, 0.29) is 37.9 Å². The van der Waals surface area contributed by atoms with Gasteiger partial charge in [-0.1, -0.05) is 17.7 Å². The van der Waals surface area contributed by atoms with Crippen LogP contribution in [0.1, 0.15) is 21.6 Å². The monoisotopic (exact) mass is 496 g/mol. The summed E-state index contributed by atoms with van der Waals surface area (Å²) in [5.41, 5.74) is 2.79. The van der Waals surface area contributed by atoms with Crippen LogP contribution in [0.3, 0.4) is 0 Å². The maximum Gasteiger partial charge on any atom is 0.254 e. The van der Waals surface area contributed by atoms with Crippen LogP contribution in [0.15, 0.2) is 53.9 Å². The van der Waals surface area contributed by atoms with Gasteiger partial charge >= 0.3 is 0 Å². The summed E-state index contributed by atoms with van der Waals surface area (Å²) in [6.45, 7) is 2.34. The first kappa shape index (κ1) is 25.9. The van der Waals surface area contributed by atoms with Gasteiger partial charge in [-0.15, -0.1) is 11.3 Å². The second kappa shape index (κ2) is 12.6. The maximum absolute atomic E-state index is 12.9. The molecule has 0 saturated carbocycles. The molecule has 184 valence electrons. The molecule has 0 aliphatic carbocycles. The van der Waals surface area contributed by atoms with Crippen LogP contribution in [-0.2, 0) is 20.7 Å². The highest BCUT2D eigenvalue weighted by molar-refractivity contribution is 7.13. The fraction of sp³-hybridized carbons (Fsp3) is 0.280. The molecule has 2 N–H and O–H groups in total. The molecular formula is C25H28N4O5S. The first-order chi connectivity index (χ1) is 16.9. The van der Waals surface area contributed by atoms with Gasteiger partial charge in [-0.25, -0.2) is 4.98 Å². The molecule has 0 spiro atoms. The van der Waals surface area contributed by atoms with Gasteiger partial charge < -0.3 is 25.0 Å². The van der Waals surface area contributed by atoms with Crippen LogP contribution >= 0.6 is 11.3 Å². The number of ether oxygens (including phenoxy) is 2. The zero-order valence-corrected chi connectivity index (χ0v) is 20.7. The number of carbonyl (C=O) groups excluding carboxylic acids is 3. The number of methoxy groups -OCH3 is 2. The van der Waals surface area contributed by atoms with E-state index in [1.807, 2.05) is 31.2 Å². The molecule has 0 atom stereocenters. The number of rotatable bonds is 11. The van der Waals surface area contributed by atoms with Gasteiger partial charge in [-0.3, -0.25) is 14.4 Å². The molecule has 0 aliphatic rings. The number of hydrogen-bond acceptors (Lipinski definition) is 7. The smallest absolute Gasteiger partial charge is 0.254 e. The summed E-state index contributed by atoms with van der Waals surface area (Å²) < 4.78 is 10.2. The molecule has 0 bridgehead atoms. The van der Waals surface area contributed by atoms with Crippen molar-refractivity contribution in [3.05, 3.63) is 70.7 Å². The Morgan fingerprint density at radius 1 is 0.971 bits per heavy atom. The van der Waals surface area contributed by atoms with Gasteiger partial charge in [0.2, 0.25) is 11.8 Å². The Bertz CT molecular complexity index is 1150. The largest absolute Gasteiger partial charge is 0.497 e. The van der Waals surface area contributed by atoms with Crippen molar-refractivity contribution in [3.8, 4) is 5.75 Å². The van der Waals surface area contributed by atoms with E-state index >= 15 is 0 Å². The average Bonchev–Trinajstić information content (AvgIpc) is 3.28. The lowest BCUT2D eigenvalue weighted by Crippen LogP contribution is -2.40. The van der Waals surface area contributed by atoms with E-state index in [0.29, 0.717) is 27.8 Å². The third-order valence-corrected chi connectivity index (χ3v) is 5.81.